The number of ether oxygens (including phenoxy) is 1. The Kier molecular flexibility index (Phi) is 12.1. The van der Waals surface area contributed by atoms with Gasteiger partial charge < -0.3 is 20.1 Å². The third kappa shape index (κ3) is 9.46. The van der Waals surface area contributed by atoms with Crippen LogP contribution in [0.25, 0.3) is 0 Å². The molecule has 1 amide bonds. The van der Waals surface area contributed by atoms with Gasteiger partial charge in [-0.05, 0) is 67.5 Å². The van der Waals surface area contributed by atoms with Crippen LogP contribution in [-0.4, -0.2) is 62.2 Å². The molecule has 1 rings (SSSR count). The third-order valence-electron chi connectivity index (χ3n) is 7.20. The molecule has 0 aliphatic carbocycles. The van der Waals surface area contributed by atoms with Crippen molar-refractivity contribution < 1.29 is 19.4 Å². The number of hydrogen-bond acceptors (Lipinski definition) is 4. The van der Waals surface area contributed by atoms with Gasteiger partial charge in [0.1, 0.15) is 5.60 Å². The minimum Gasteiger partial charge on any atom is -0.481 e. The predicted octanol–water partition coefficient (Wildman–Crippen LogP) is 7.03. The molecule has 0 heterocycles. The number of benzene rings is 1. The van der Waals surface area contributed by atoms with Gasteiger partial charge in [0.15, 0.2) is 0 Å². The lowest BCUT2D eigenvalue weighted by Gasteiger charge is -2.47. The summed E-state index contributed by atoms with van der Waals surface area (Å²) in [6, 6.07) is 6.35. The van der Waals surface area contributed by atoms with Gasteiger partial charge >= 0.3 is 12.1 Å². The number of nitrogens with zero attached hydrogens (tertiary/aromatic N) is 1. The molecule has 0 bridgehead atoms. The van der Waals surface area contributed by atoms with E-state index in [0.717, 1.165) is 16.8 Å². The first-order valence-electron chi connectivity index (χ1n) is 12.6. The number of aliphatic carboxylic acids is 1. The Morgan fingerprint density at radius 2 is 1.64 bits per heavy atom. The Morgan fingerprint density at radius 3 is 2.08 bits per heavy atom. The van der Waals surface area contributed by atoms with E-state index in [-0.39, 0.29) is 29.5 Å². The molecule has 2 unspecified atom stereocenters. The zero-order chi connectivity index (χ0) is 27.9. The van der Waals surface area contributed by atoms with Crippen LogP contribution in [0.3, 0.4) is 0 Å². The molecule has 206 valence electrons. The maximum Gasteiger partial charge on any atom is 0.407 e. The largest absolute Gasteiger partial charge is 0.481 e. The van der Waals surface area contributed by atoms with Gasteiger partial charge in [-0.15, -0.1) is 23.2 Å². The number of alkyl carbamates (subject to hydrolysis) is 1. The number of anilines is 1. The molecule has 9 heteroatoms. The molecule has 0 spiro atoms. The van der Waals surface area contributed by atoms with Gasteiger partial charge in [-0.3, -0.25) is 4.79 Å². The fourth-order valence-corrected chi connectivity index (χ4v) is 8.34. The highest BCUT2D eigenvalue weighted by atomic mass is 35.5. The van der Waals surface area contributed by atoms with Gasteiger partial charge in [0.25, 0.3) is 0 Å². The topological polar surface area (TPSA) is 78.9 Å². The number of carbonyl (C=O) groups is 2. The number of aryl methyl sites for hydroxylation is 1. The highest BCUT2D eigenvalue weighted by molar-refractivity contribution is 6.81. The third-order valence-corrected chi connectivity index (χ3v) is 13.7. The van der Waals surface area contributed by atoms with Crippen molar-refractivity contribution in [3.63, 3.8) is 0 Å². The van der Waals surface area contributed by atoms with Gasteiger partial charge in [0, 0.05) is 37.1 Å². The van der Waals surface area contributed by atoms with Crippen LogP contribution in [-0.2, 0) is 9.53 Å². The number of rotatable bonds is 12. The van der Waals surface area contributed by atoms with Crippen molar-refractivity contribution in [1.29, 1.82) is 0 Å². The van der Waals surface area contributed by atoms with Gasteiger partial charge in [0.2, 0.25) is 0 Å². The molecule has 1 aromatic carbocycles. The predicted molar refractivity (Wildman–Crippen MR) is 155 cm³/mol. The molecule has 0 saturated carbocycles. The zero-order valence-electron chi connectivity index (χ0n) is 23.5. The first kappa shape index (κ1) is 32.6. The zero-order valence-corrected chi connectivity index (χ0v) is 26.0. The van der Waals surface area contributed by atoms with Crippen LogP contribution in [0.4, 0.5) is 10.5 Å². The second-order valence-electron chi connectivity index (χ2n) is 12.1. The number of halogens is 2. The number of alkyl halides is 2. The highest BCUT2D eigenvalue weighted by Crippen LogP contribution is 2.49. The number of hydrogen-bond donors (Lipinski definition) is 2. The monoisotopic (exact) mass is 560 g/mol. The van der Waals surface area contributed by atoms with Crippen LogP contribution in [0.2, 0.25) is 18.1 Å². The van der Waals surface area contributed by atoms with Crippen molar-refractivity contribution in [2.24, 2.45) is 5.92 Å². The van der Waals surface area contributed by atoms with Crippen molar-refractivity contribution in [2.75, 3.05) is 36.3 Å². The average molecular weight is 562 g/mol. The quantitative estimate of drug-likeness (QED) is 0.212. The molecular weight excluding hydrogens is 515 g/mol. The molecule has 2 atom stereocenters. The lowest BCUT2D eigenvalue weighted by Crippen LogP contribution is -2.50. The summed E-state index contributed by atoms with van der Waals surface area (Å²) in [5, 5.41) is 12.7. The Hall–Kier alpha value is -1.44. The lowest BCUT2D eigenvalue weighted by molar-refractivity contribution is -0.138. The van der Waals surface area contributed by atoms with Crippen LogP contribution in [0, 0.1) is 12.8 Å². The summed E-state index contributed by atoms with van der Waals surface area (Å²) < 4.78 is 5.44. The summed E-state index contributed by atoms with van der Waals surface area (Å²) in [6.07, 6.45) is -0.586. The second kappa shape index (κ2) is 13.4. The van der Waals surface area contributed by atoms with E-state index in [4.69, 9.17) is 27.9 Å². The average Bonchev–Trinajstić information content (AvgIpc) is 2.70. The number of amides is 1. The molecule has 36 heavy (non-hydrogen) atoms. The number of carboxylic acids is 1. The second-order valence-corrected chi connectivity index (χ2v) is 18.4. The molecule has 0 aliphatic rings. The van der Waals surface area contributed by atoms with Crippen LogP contribution in [0.1, 0.15) is 64.6 Å². The SMILES string of the molecule is Cc1ccc(N(CCCl)CCCl)cc1C(C(CNC(=O)OC(C)(C)C)CC(=O)O)[Si](C)(C)C(C)(C)C. The molecule has 0 saturated heterocycles. The van der Waals surface area contributed by atoms with Gasteiger partial charge in [-0.1, -0.05) is 39.9 Å². The van der Waals surface area contributed by atoms with E-state index in [9.17, 15) is 14.7 Å². The molecule has 2 N–H and O–H groups in total. The van der Waals surface area contributed by atoms with Crippen molar-refractivity contribution in [1.82, 2.24) is 5.32 Å². The van der Waals surface area contributed by atoms with E-state index in [2.05, 4.69) is 69.2 Å². The van der Waals surface area contributed by atoms with Crippen LogP contribution < -0.4 is 10.2 Å². The fourth-order valence-electron chi connectivity index (χ4n) is 4.49. The molecule has 6 nitrogen and oxygen atoms in total. The normalized spacial score (nSPS) is 14.2. The first-order chi connectivity index (χ1) is 16.4. The van der Waals surface area contributed by atoms with E-state index in [0.29, 0.717) is 24.8 Å². The van der Waals surface area contributed by atoms with E-state index in [1.165, 1.54) is 0 Å². The number of carbonyl (C=O) groups excluding carboxylic acids is 1. The van der Waals surface area contributed by atoms with E-state index in [1.54, 1.807) is 0 Å². The Morgan fingerprint density at radius 1 is 1.08 bits per heavy atom. The lowest BCUT2D eigenvalue weighted by atomic mass is 9.92. The minimum atomic E-state index is -2.18. The summed E-state index contributed by atoms with van der Waals surface area (Å²) in [7, 11) is -2.18. The first-order valence-corrected chi connectivity index (χ1v) is 16.7. The Bertz CT molecular complexity index is 876. The molecule has 0 aliphatic heterocycles. The smallest absolute Gasteiger partial charge is 0.407 e. The summed E-state index contributed by atoms with van der Waals surface area (Å²) in [5.74, 6) is -0.228. The van der Waals surface area contributed by atoms with E-state index < -0.39 is 25.7 Å². The van der Waals surface area contributed by atoms with Crippen LogP contribution in [0.5, 0.6) is 0 Å². The maximum atomic E-state index is 12.5. The van der Waals surface area contributed by atoms with Gasteiger partial charge in [-0.2, -0.15) is 0 Å². The van der Waals surface area contributed by atoms with Crippen molar-refractivity contribution >= 4 is 49.0 Å². The minimum absolute atomic E-state index is 0.0191. The summed E-state index contributed by atoms with van der Waals surface area (Å²) in [5.41, 5.74) is 2.60. The number of nitrogens with one attached hydrogen (secondary N) is 1. The van der Waals surface area contributed by atoms with Crippen LogP contribution in [0.15, 0.2) is 18.2 Å². The van der Waals surface area contributed by atoms with Crippen molar-refractivity contribution in [3.05, 3.63) is 29.3 Å². The van der Waals surface area contributed by atoms with Gasteiger partial charge in [-0.25, -0.2) is 4.79 Å². The van der Waals surface area contributed by atoms with Crippen LogP contribution >= 0.6 is 23.2 Å². The Labute approximate surface area is 229 Å². The summed E-state index contributed by atoms with van der Waals surface area (Å²) in [4.78, 5) is 26.7. The summed E-state index contributed by atoms with van der Waals surface area (Å²) >= 11 is 12.2. The van der Waals surface area contributed by atoms with E-state index >= 15 is 0 Å². The van der Waals surface area contributed by atoms with Crippen molar-refractivity contribution in [3.8, 4) is 0 Å². The highest BCUT2D eigenvalue weighted by Gasteiger charge is 2.47. The molecule has 0 radical (unpaired) electrons. The standard InChI is InChI=1S/C27H46Cl2N2O4Si/c1-19-10-11-21(31(14-12-28)15-13-29)17-22(19)24(36(8,9)27(5,6)7)20(16-23(32)33)18-30-25(34)35-26(2,3)4/h10-11,17,20,24H,12-16,18H2,1-9H3,(H,30,34)(H,32,33). The Balaban J connectivity index is 3.65. The summed E-state index contributed by atoms with van der Waals surface area (Å²) in [6.45, 7) is 20.4. The molecule has 0 fully saturated rings. The fraction of sp³-hybridized carbons (Fsp3) is 0.704. The van der Waals surface area contributed by atoms with E-state index in [1.807, 2.05) is 20.8 Å². The van der Waals surface area contributed by atoms with Crippen molar-refractivity contribution in [2.45, 2.75) is 84.2 Å². The molecule has 0 aromatic heterocycles. The number of carboxylic acid groups (broad SMARTS) is 1. The molecule has 1 aromatic rings. The van der Waals surface area contributed by atoms with Gasteiger partial charge in [0.05, 0.1) is 14.5 Å². The maximum absolute atomic E-state index is 12.5. The molecular formula is C27H46Cl2N2O4Si.